The molecule has 0 fully saturated rings. The SMILES string of the molecule is CCOC(=O)C(C(O)CN(Cc1cccc2ccccc12)c1cc(-c2ccccc2)no1)N(Cc1cccc2ccccc12)c1cc(-c2ccccc2)no1. The zero-order valence-corrected chi connectivity index (χ0v) is 30.4. The lowest BCUT2D eigenvalue weighted by Crippen LogP contribution is -2.53. The first-order valence-electron chi connectivity index (χ1n) is 18.4. The van der Waals surface area contributed by atoms with E-state index in [1.807, 2.05) is 114 Å². The topological polar surface area (TPSA) is 105 Å². The van der Waals surface area contributed by atoms with Crippen molar-refractivity contribution in [3.63, 3.8) is 0 Å². The molecule has 0 aliphatic carbocycles. The highest BCUT2D eigenvalue weighted by Gasteiger charge is 2.38. The van der Waals surface area contributed by atoms with Crippen LogP contribution < -0.4 is 9.80 Å². The molecule has 9 heteroatoms. The van der Waals surface area contributed by atoms with Gasteiger partial charge >= 0.3 is 5.97 Å². The van der Waals surface area contributed by atoms with Crippen LogP contribution in [0.15, 0.2) is 167 Å². The van der Waals surface area contributed by atoms with Gasteiger partial charge in [0, 0.05) is 42.9 Å². The van der Waals surface area contributed by atoms with Gasteiger partial charge in [-0.3, -0.25) is 0 Å². The number of aromatic nitrogens is 2. The van der Waals surface area contributed by atoms with Crippen LogP contribution in [0.2, 0.25) is 0 Å². The lowest BCUT2D eigenvalue weighted by molar-refractivity contribution is -0.147. The number of carbonyl (C=O) groups excluding carboxylic acids is 1. The van der Waals surface area contributed by atoms with Crippen molar-refractivity contribution in [3.05, 3.63) is 169 Å². The van der Waals surface area contributed by atoms with Crippen LogP contribution in [-0.4, -0.2) is 46.7 Å². The maximum Gasteiger partial charge on any atom is 0.331 e. The van der Waals surface area contributed by atoms with E-state index >= 15 is 0 Å². The van der Waals surface area contributed by atoms with Crippen LogP contribution in [0, 0.1) is 0 Å². The molecule has 274 valence electrons. The van der Waals surface area contributed by atoms with E-state index in [0.29, 0.717) is 29.7 Å². The highest BCUT2D eigenvalue weighted by Crippen LogP contribution is 2.32. The van der Waals surface area contributed by atoms with Crippen LogP contribution in [0.1, 0.15) is 18.1 Å². The molecule has 0 radical (unpaired) electrons. The molecule has 0 spiro atoms. The second kappa shape index (κ2) is 16.1. The van der Waals surface area contributed by atoms with Crippen LogP contribution in [0.5, 0.6) is 0 Å². The summed E-state index contributed by atoms with van der Waals surface area (Å²) in [5.74, 6) is 0.163. The summed E-state index contributed by atoms with van der Waals surface area (Å²) in [6, 6.07) is 50.4. The third-order valence-corrected chi connectivity index (χ3v) is 9.83. The van der Waals surface area contributed by atoms with Gasteiger partial charge in [-0.25, -0.2) is 4.79 Å². The van der Waals surface area contributed by atoms with Crippen molar-refractivity contribution in [2.24, 2.45) is 0 Å². The molecular formula is C46H40N4O5. The number of fused-ring (bicyclic) bond motifs is 2. The highest BCUT2D eigenvalue weighted by molar-refractivity contribution is 5.87. The fourth-order valence-corrected chi connectivity index (χ4v) is 7.15. The predicted molar refractivity (Wildman–Crippen MR) is 215 cm³/mol. The Balaban J connectivity index is 1.21. The minimum absolute atomic E-state index is 0.0121. The Morgan fingerprint density at radius 1 is 0.636 bits per heavy atom. The van der Waals surface area contributed by atoms with Gasteiger partial charge < -0.3 is 28.7 Å². The van der Waals surface area contributed by atoms with E-state index in [1.165, 1.54) is 0 Å². The lowest BCUT2D eigenvalue weighted by Gasteiger charge is -2.35. The number of rotatable bonds is 14. The van der Waals surface area contributed by atoms with Gasteiger partial charge in [0.25, 0.3) is 0 Å². The van der Waals surface area contributed by atoms with E-state index in [2.05, 4.69) is 52.8 Å². The van der Waals surface area contributed by atoms with Gasteiger partial charge in [-0.15, -0.1) is 0 Å². The van der Waals surface area contributed by atoms with Crippen molar-refractivity contribution in [1.29, 1.82) is 0 Å². The first-order valence-corrected chi connectivity index (χ1v) is 18.4. The molecule has 6 aromatic carbocycles. The number of carbonyl (C=O) groups is 1. The Labute approximate surface area is 319 Å². The minimum Gasteiger partial charge on any atom is -0.464 e. The van der Waals surface area contributed by atoms with Gasteiger partial charge in [0.1, 0.15) is 17.5 Å². The molecule has 0 saturated carbocycles. The average Bonchev–Trinajstić information content (AvgIpc) is 3.93. The molecule has 0 aliphatic rings. The second-order valence-corrected chi connectivity index (χ2v) is 13.4. The molecule has 2 unspecified atom stereocenters. The Bertz CT molecular complexity index is 2500. The average molecular weight is 729 g/mol. The summed E-state index contributed by atoms with van der Waals surface area (Å²) in [6.07, 6.45) is -1.31. The van der Waals surface area contributed by atoms with Gasteiger partial charge in [0.2, 0.25) is 11.8 Å². The van der Waals surface area contributed by atoms with E-state index in [9.17, 15) is 9.90 Å². The number of anilines is 2. The highest BCUT2D eigenvalue weighted by atomic mass is 16.5. The predicted octanol–water partition coefficient (Wildman–Crippen LogP) is 9.31. The number of ether oxygens (including phenoxy) is 1. The molecule has 2 heterocycles. The molecule has 0 aliphatic heterocycles. The zero-order valence-electron chi connectivity index (χ0n) is 30.4. The molecule has 0 amide bonds. The monoisotopic (exact) mass is 728 g/mol. The Morgan fingerprint density at radius 3 is 1.71 bits per heavy atom. The second-order valence-electron chi connectivity index (χ2n) is 13.4. The molecule has 2 atom stereocenters. The maximum absolute atomic E-state index is 14.2. The first kappa shape index (κ1) is 35.3. The number of hydrogen-bond donors (Lipinski definition) is 1. The normalized spacial score (nSPS) is 12.4. The summed E-state index contributed by atoms with van der Waals surface area (Å²) in [6.45, 7) is 2.45. The summed E-state index contributed by atoms with van der Waals surface area (Å²) in [7, 11) is 0. The minimum atomic E-state index is -1.31. The van der Waals surface area contributed by atoms with Crippen molar-refractivity contribution in [3.8, 4) is 22.5 Å². The molecule has 55 heavy (non-hydrogen) atoms. The fraction of sp³-hybridized carbons (Fsp3) is 0.152. The van der Waals surface area contributed by atoms with Crippen molar-refractivity contribution in [2.45, 2.75) is 32.2 Å². The number of benzene rings is 6. The van der Waals surface area contributed by atoms with Gasteiger partial charge in [0.05, 0.1) is 6.61 Å². The van der Waals surface area contributed by atoms with Crippen molar-refractivity contribution in [1.82, 2.24) is 10.3 Å². The number of aliphatic hydroxyl groups is 1. The van der Waals surface area contributed by atoms with E-state index < -0.39 is 18.1 Å². The number of hydrogen-bond acceptors (Lipinski definition) is 9. The smallest absolute Gasteiger partial charge is 0.331 e. The number of aliphatic hydroxyl groups excluding tert-OH is 1. The number of nitrogens with zero attached hydrogens (tertiary/aromatic N) is 4. The summed E-state index contributed by atoms with van der Waals surface area (Å²) in [5, 5.41) is 25.5. The summed E-state index contributed by atoms with van der Waals surface area (Å²) in [4.78, 5) is 17.9. The third kappa shape index (κ3) is 7.69. The molecule has 8 rings (SSSR count). The molecular weight excluding hydrogens is 689 g/mol. The third-order valence-electron chi connectivity index (χ3n) is 9.83. The fourth-order valence-electron chi connectivity index (χ4n) is 7.15. The molecule has 1 N–H and O–H groups in total. The van der Waals surface area contributed by atoms with Crippen molar-refractivity contribution < 1.29 is 23.7 Å². The molecule has 0 bridgehead atoms. The zero-order chi connectivity index (χ0) is 37.6. The summed E-state index contributed by atoms with van der Waals surface area (Å²) in [5.41, 5.74) is 4.97. The van der Waals surface area contributed by atoms with E-state index in [4.69, 9.17) is 13.8 Å². The van der Waals surface area contributed by atoms with Crippen LogP contribution in [0.25, 0.3) is 44.1 Å². The lowest BCUT2D eigenvalue weighted by atomic mass is 10.0. The summed E-state index contributed by atoms with van der Waals surface area (Å²) < 4.78 is 17.7. The van der Waals surface area contributed by atoms with Crippen LogP contribution >= 0.6 is 0 Å². The van der Waals surface area contributed by atoms with Crippen molar-refractivity contribution >= 4 is 39.3 Å². The molecule has 0 saturated heterocycles. The maximum atomic E-state index is 14.2. The Kier molecular flexibility index (Phi) is 10.4. The largest absolute Gasteiger partial charge is 0.464 e. The van der Waals surface area contributed by atoms with Crippen LogP contribution in [0.4, 0.5) is 11.8 Å². The van der Waals surface area contributed by atoms with Crippen LogP contribution in [-0.2, 0) is 22.6 Å². The van der Waals surface area contributed by atoms with Crippen molar-refractivity contribution in [2.75, 3.05) is 23.0 Å². The Hall–Kier alpha value is -6.71. The number of esters is 1. The van der Waals surface area contributed by atoms with Crippen LogP contribution in [0.3, 0.4) is 0 Å². The van der Waals surface area contributed by atoms with E-state index in [-0.39, 0.29) is 19.7 Å². The molecule has 9 nitrogen and oxygen atoms in total. The van der Waals surface area contributed by atoms with Gasteiger partial charge in [-0.05, 0) is 39.6 Å². The molecule has 8 aromatic rings. The quantitative estimate of drug-likeness (QED) is 0.110. The summed E-state index contributed by atoms with van der Waals surface area (Å²) >= 11 is 0. The Morgan fingerprint density at radius 2 is 1.13 bits per heavy atom. The van der Waals surface area contributed by atoms with E-state index in [1.54, 1.807) is 17.9 Å². The first-order chi connectivity index (χ1) is 27.1. The van der Waals surface area contributed by atoms with E-state index in [0.717, 1.165) is 43.8 Å². The van der Waals surface area contributed by atoms with Gasteiger partial charge in [-0.1, -0.05) is 156 Å². The standard InChI is InChI=1S/C46H40N4O5/c1-2-53-46(52)45(50(30-37-24-14-22-33-16-10-12-26-39(33)37)44-28-41(48-55-44)35-19-7-4-8-20-35)42(51)31-49(29-36-23-13-21-32-15-9-11-25-38(32)36)43-27-40(47-54-43)34-17-5-3-6-18-34/h3-28,42,45,51H,2,29-31H2,1H3. The van der Waals surface area contributed by atoms with Gasteiger partial charge in [0.15, 0.2) is 6.04 Å². The van der Waals surface area contributed by atoms with Gasteiger partial charge in [-0.2, -0.15) is 0 Å². The molecule has 2 aromatic heterocycles.